The van der Waals surface area contributed by atoms with Gasteiger partial charge in [0.1, 0.15) is 6.61 Å². The molecule has 0 spiro atoms. The Morgan fingerprint density at radius 3 is 2.79 bits per heavy atom. The lowest BCUT2D eigenvalue weighted by Gasteiger charge is -2.33. The monoisotopic (exact) mass is 377 g/mol. The van der Waals surface area contributed by atoms with Crippen molar-refractivity contribution in [3.8, 4) is 11.4 Å². The Bertz CT molecular complexity index is 1260. The number of aryl methyl sites for hydroxylation is 1. The Balaban J connectivity index is 1.90. The number of hydrogen-bond donors (Lipinski definition) is 2. The van der Waals surface area contributed by atoms with Crippen molar-refractivity contribution in [2.45, 2.75) is 39.0 Å². The maximum Gasteiger partial charge on any atom is 0.343 e. The molecule has 1 atom stereocenters. The maximum atomic E-state index is 13.2. The minimum atomic E-state index is -1.93. The molecule has 4 heterocycles. The first-order chi connectivity index (χ1) is 13.4. The normalized spacial score (nSPS) is 19.9. The summed E-state index contributed by atoms with van der Waals surface area (Å²) in [5, 5.41) is 12.0. The van der Waals surface area contributed by atoms with Crippen LogP contribution in [0, 0.1) is 6.92 Å². The molecule has 7 nitrogen and oxygen atoms in total. The lowest BCUT2D eigenvalue weighted by Crippen LogP contribution is -2.45. The molecule has 0 aliphatic carbocycles. The zero-order chi connectivity index (χ0) is 19.8. The molecule has 0 fully saturated rings. The van der Waals surface area contributed by atoms with Gasteiger partial charge in [0, 0.05) is 16.5 Å². The summed E-state index contributed by atoms with van der Waals surface area (Å²) in [7, 11) is 0. The summed E-state index contributed by atoms with van der Waals surface area (Å²) in [6, 6.07) is 7.78. The lowest BCUT2D eigenvalue weighted by atomic mass is 9.84. The molecule has 2 aliphatic rings. The van der Waals surface area contributed by atoms with Crippen molar-refractivity contribution in [2.24, 2.45) is 0 Å². The summed E-state index contributed by atoms with van der Waals surface area (Å²) < 4.78 is 6.67. The molecule has 0 amide bonds. The van der Waals surface area contributed by atoms with Crippen LogP contribution in [0.5, 0.6) is 0 Å². The number of para-hydroxylation sites is 1. The van der Waals surface area contributed by atoms with E-state index in [1.54, 1.807) is 11.5 Å². The number of hydrogen-bond acceptors (Lipinski definition) is 6. The number of carbonyl (C=O) groups excluding carboxylic acids is 1. The first-order valence-electron chi connectivity index (χ1n) is 9.22. The molecule has 7 heteroatoms. The average Bonchev–Trinajstić information content (AvgIpc) is 3.08. The molecule has 2 aliphatic heterocycles. The minimum Gasteiger partial charge on any atom is -0.458 e. The van der Waals surface area contributed by atoms with Crippen LogP contribution < -0.4 is 11.3 Å². The number of nitrogens with two attached hydrogens (primary N) is 1. The van der Waals surface area contributed by atoms with Gasteiger partial charge in [-0.05, 0) is 25.0 Å². The molecule has 0 unspecified atom stereocenters. The number of anilines is 1. The number of nitrogen functional groups attached to an aromatic ring is 1. The Hall–Kier alpha value is -3.19. The van der Waals surface area contributed by atoms with E-state index in [9.17, 15) is 14.7 Å². The molecule has 2 aromatic heterocycles. The number of esters is 1. The molecule has 0 saturated heterocycles. The van der Waals surface area contributed by atoms with Crippen molar-refractivity contribution in [3.05, 3.63) is 56.9 Å². The van der Waals surface area contributed by atoms with Crippen molar-refractivity contribution in [1.29, 1.82) is 0 Å². The Kier molecular flexibility index (Phi) is 3.28. The topological polar surface area (TPSA) is 107 Å². The van der Waals surface area contributed by atoms with Gasteiger partial charge in [-0.2, -0.15) is 0 Å². The predicted octanol–water partition coefficient (Wildman–Crippen LogP) is 1.97. The van der Waals surface area contributed by atoms with Crippen LogP contribution in [0.15, 0.2) is 29.1 Å². The summed E-state index contributed by atoms with van der Waals surface area (Å²) in [6.45, 7) is 3.82. The number of ether oxygens (including phenoxy) is 1. The highest BCUT2D eigenvalue weighted by Gasteiger charge is 2.47. The standard InChI is InChI=1S/C21H19N3O4/c1-3-21(27)15-13(9-28-20(21)26)19(25)24-8-12-10(2)11-6-4-5-7-14(11)23-17(12)18(24)16(15)22/h4-7,27H,3,8-9,22H2,1-2H3/t21-/m0/s1. The summed E-state index contributed by atoms with van der Waals surface area (Å²) in [5.74, 6) is -0.778. The van der Waals surface area contributed by atoms with Gasteiger partial charge in [0.25, 0.3) is 5.56 Å². The number of carbonyl (C=O) groups is 1. The van der Waals surface area contributed by atoms with Crippen LogP contribution in [0.25, 0.3) is 22.3 Å². The number of cyclic esters (lactones) is 1. The van der Waals surface area contributed by atoms with Crippen molar-refractivity contribution in [1.82, 2.24) is 9.55 Å². The van der Waals surface area contributed by atoms with Crippen molar-refractivity contribution < 1.29 is 14.6 Å². The van der Waals surface area contributed by atoms with E-state index < -0.39 is 11.6 Å². The third-order valence-corrected chi connectivity index (χ3v) is 6.03. The van der Waals surface area contributed by atoms with Gasteiger partial charge in [0.2, 0.25) is 0 Å². The second-order valence-electron chi connectivity index (χ2n) is 7.38. The number of aliphatic hydroxyl groups is 1. The molecule has 142 valence electrons. The van der Waals surface area contributed by atoms with Gasteiger partial charge in [0.15, 0.2) is 5.60 Å². The van der Waals surface area contributed by atoms with E-state index in [1.807, 2.05) is 31.2 Å². The van der Waals surface area contributed by atoms with Gasteiger partial charge in [-0.1, -0.05) is 25.1 Å². The van der Waals surface area contributed by atoms with Crippen molar-refractivity contribution in [3.63, 3.8) is 0 Å². The number of rotatable bonds is 1. The van der Waals surface area contributed by atoms with Crippen LogP contribution in [0.4, 0.5) is 5.69 Å². The van der Waals surface area contributed by atoms with E-state index in [1.165, 1.54) is 0 Å². The highest BCUT2D eigenvalue weighted by molar-refractivity contribution is 5.93. The van der Waals surface area contributed by atoms with E-state index in [0.29, 0.717) is 17.9 Å². The predicted molar refractivity (Wildman–Crippen MR) is 104 cm³/mol. The highest BCUT2D eigenvalue weighted by atomic mass is 16.6. The van der Waals surface area contributed by atoms with E-state index in [-0.39, 0.29) is 35.4 Å². The molecule has 3 N–H and O–H groups in total. The van der Waals surface area contributed by atoms with E-state index >= 15 is 0 Å². The van der Waals surface area contributed by atoms with Crippen LogP contribution in [0.1, 0.15) is 35.6 Å². The second-order valence-corrected chi connectivity index (χ2v) is 7.38. The van der Waals surface area contributed by atoms with Gasteiger partial charge in [-0.15, -0.1) is 0 Å². The van der Waals surface area contributed by atoms with Gasteiger partial charge in [-0.3, -0.25) is 4.79 Å². The number of aromatic nitrogens is 2. The molecule has 0 bridgehead atoms. The third kappa shape index (κ3) is 1.89. The number of pyridine rings is 2. The largest absolute Gasteiger partial charge is 0.458 e. The number of nitrogens with zero attached hydrogens (tertiary/aromatic N) is 2. The molecule has 28 heavy (non-hydrogen) atoms. The second kappa shape index (κ2) is 5.42. The van der Waals surface area contributed by atoms with Crippen molar-refractivity contribution in [2.75, 3.05) is 5.73 Å². The van der Waals surface area contributed by atoms with Crippen LogP contribution in [0.3, 0.4) is 0 Å². The molecule has 5 rings (SSSR count). The van der Waals surface area contributed by atoms with Gasteiger partial charge < -0.3 is 20.1 Å². The van der Waals surface area contributed by atoms with Crippen LogP contribution in [0.2, 0.25) is 0 Å². The van der Waals surface area contributed by atoms with Gasteiger partial charge in [-0.25, -0.2) is 9.78 Å². The first kappa shape index (κ1) is 16.9. The van der Waals surface area contributed by atoms with Gasteiger partial charge in [0.05, 0.1) is 34.7 Å². The molecule has 3 aromatic rings. The fourth-order valence-corrected chi connectivity index (χ4v) is 4.45. The zero-order valence-electron chi connectivity index (χ0n) is 15.6. The summed E-state index contributed by atoms with van der Waals surface area (Å²) in [5.41, 5.74) is 8.74. The first-order valence-corrected chi connectivity index (χ1v) is 9.22. The summed E-state index contributed by atoms with van der Waals surface area (Å²) in [6.07, 6.45) is 0.0585. The quantitative estimate of drug-likeness (QED) is 0.491. The van der Waals surface area contributed by atoms with Crippen molar-refractivity contribution >= 4 is 22.6 Å². The average molecular weight is 377 g/mol. The van der Waals surface area contributed by atoms with E-state index in [4.69, 9.17) is 15.5 Å². The fourth-order valence-electron chi connectivity index (χ4n) is 4.45. The molecular formula is C21H19N3O4. The van der Waals surface area contributed by atoms with Crippen LogP contribution in [-0.4, -0.2) is 20.6 Å². The van der Waals surface area contributed by atoms with Crippen LogP contribution in [-0.2, 0) is 28.3 Å². The summed E-state index contributed by atoms with van der Waals surface area (Å²) >= 11 is 0. The molecule has 1 aromatic carbocycles. The molecular weight excluding hydrogens is 358 g/mol. The highest BCUT2D eigenvalue weighted by Crippen LogP contribution is 2.44. The van der Waals surface area contributed by atoms with Crippen LogP contribution >= 0.6 is 0 Å². The third-order valence-electron chi connectivity index (χ3n) is 6.03. The maximum absolute atomic E-state index is 13.2. The Labute approximate surface area is 160 Å². The van der Waals surface area contributed by atoms with E-state index in [2.05, 4.69) is 0 Å². The smallest absolute Gasteiger partial charge is 0.343 e. The fraction of sp³-hybridized carbons (Fsp3) is 0.286. The molecule has 0 radical (unpaired) electrons. The summed E-state index contributed by atoms with van der Waals surface area (Å²) in [4.78, 5) is 30.3. The minimum absolute atomic E-state index is 0.0585. The molecule has 0 saturated carbocycles. The lowest BCUT2D eigenvalue weighted by molar-refractivity contribution is -0.172. The Morgan fingerprint density at radius 2 is 2.04 bits per heavy atom. The number of fused-ring (bicyclic) bond motifs is 5. The SMILES string of the molecule is CC[C@@]1(O)C(=O)OCc2c1c(N)c1n(c2=O)Cc2c-1nc1ccccc1c2C. The zero-order valence-corrected chi connectivity index (χ0v) is 15.6. The number of benzene rings is 1. The van der Waals surface area contributed by atoms with Gasteiger partial charge >= 0.3 is 5.97 Å². The van der Waals surface area contributed by atoms with E-state index in [0.717, 1.165) is 22.0 Å². The Morgan fingerprint density at radius 1 is 1.29 bits per heavy atom.